The van der Waals surface area contributed by atoms with Gasteiger partial charge in [0.15, 0.2) is 0 Å². The Morgan fingerprint density at radius 2 is 1.67 bits per heavy atom. The fraction of sp³-hybridized carbons (Fsp3) is 0.435. The minimum Gasteiger partial charge on any atom is -0.369 e. The second-order valence-corrected chi connectivity index (χ2v) is 7.80. The SMILES string of the molecule is CC(CNC(=O)C(C)N1CCN(c2cccc(C(F)(F)F)c2)CC1)c1ccccc1. The van der Waals surface area contributed by atoms with Gasteiger partial charge in [0.1, 0.15) is 0 Å². The molecule has 30 heavy (non-hydrogen) atoms. The number of hydrogen-bond donors (Lipinski definition) is 1. The monoisotopic (exact) mass is 419 g/mol. The molecule has 0 aromatic heterocycles. The van der Waals surface area contributed by atoms with Crippen molar-refractivity contribution in [2.45, 2.75) is 32.0 Å². The van der Waals surface area contributed by atoms with Gasteiger partial charge in [0.25, 0.3) is 0 Å². The number of benzene rings is 2. The Labute approximate surface area is 175 Å². The van der Waals surface area contributed by atoms with Crippen LogP contribution in [0.1, 0.15) is 30.9 Å². The molecule has 1 aliphatic heterocycles. The highest BCUT2D eigenvalue weighted by Crippen LogP contribution is 2.32. The zero-order chi connectivity index (χ0) is 21.7. The summed E-state index contributed by atoms with van der Waals surface area (Å²) in [7, 11) is 0. The Kier molecular flexibility index (Phi) is 7.02. The molecule has 0 radical (unpaired) electrons. The maximum Gasteiger partial charge on any atom is 0.416 e. The quantitative estimate of drug-likeness (QED) is 0.765. The number of nitrogens with zero attached hydrogens (tertiary/aromatic N) is 2. The Morgan fingerprint density at radius 1 is 1.00 bits per heavy atom. The first-order chi connectivity index (χ1) is 14.3. The number of piperazine rings is 1. The molecule has 0 aliphatic carbocycles. The Morgan fingerprint density at radius 3 is 2.30 bits per heavy atom. The average Bonchev–Trinajstić information content (AvgIpc) is 2.77. The summed E-state index contributed by atoms with van der Waals surface area (Å²) >= 11 is 0. The molecule has 1 fully saturated rings. The zero-order valence-corrected chi connectivity index (χ0v) is 17.3. The maximum atomic E-state index is 13.0. The van der Waals surface area contributed by atoms with Crippen molar-refractivity contribution in [1.82, 2.24) is 10.2 Å². The fourth-order valence-corrected chi connectivity index (χ4v) is 3.71. The summed E-state index contributed by atoms with van der Waals surface area (Å²) in [5.74, 6) is 0.199. The Hall–Kier alpha value is -2.54. The van der Waals surface area contributed by atoms with Crippen molar-refractivity contribution in [2.24, 2.45) is 0 Å². The molecule has 1 aliphatic rings. The molecule has 0 saturated carbocycles. The number of rotatable bonds is 6. The van der Waals surface area contributed by atoms with E-state index in [1.165, 1.54) is 17.7 Å². The lowest BCUT2D eigenvalue weighted by Crippen LogP contribution is -2.54. The summed E-state index contributed by atoms with van der Waals surface area (Å²) in [6, 6.07) is 15.2. The third-order valence-electron chi connectivity index (χ3n) is 5.73. The van der Waals surface area contributed by atoms with Crippen molar-refractivity contribution < 1.29 is 18.0 Å². The van der Waals surface area contributed by atoms with Crippen LogP contribution in [0.25, 0.3) is 0 Å². The van der Waals surface area contributed by atoms with Gasteiger partial charge in [-0.15, -0.1) is 0 Å². The van der Waals surface area contributed by atoms with Gasteiger partial charge >= 0.3 is 6.18 Å². The minimum atomic E-state index is -4.35. The van der Waals surface area contributed by atoms with Crippen LogP contribution in [0, 0.1) is 0 Å². The lowest BCUT2D eigenvalue weighted by Gasteiger charge is -2.38. The molecule has 0 bridgehead atoms. The summed E-state index contributed by atoms with van der Waals surface area (Å²) < 4.78 is 38.9. The molecule has 162 valence electrons. The van der Waals surface area contributed by atoms with Crippen LogP contribution in [-0.4, -0.2) is 49.6 Å². The molecule has 2 unspecified atom stereocenters. The molecular weight excluding hydrogens is 391 g/mol. The standard InChI is InChI=1S/C23H28F3N3O/c1-17(19-7-4-3-5-8-19)16-27-22(30)18(2)28-11-13-29(14-12-28)21-10-6-9-20(15-21)23(24,25)26/h3-10,15,17-18H,11-14,16H2,1-2H3,(H,27,30). The molecule has 1 amide bonds. The van der Waals surface area contributed by atoms with E-state index >= 15 is 0 Å². The number of anilines is 1. The van der Waals surface area contributed by atoms with Crippen LogP contribution >= 0.6 is 0 Å². The molecule has 1 heterocycles. The normalized spacial score (nSPS) is 17.4. The van der Waals surface area contributed by atoms with Gasteiger partial charge in [-0.05, 0) is 36.6 Å². The Bertz CT molecular complexity index is 833. The fourth-order valence-electron chi connectivity index (χ4n) is 3.71. The number of hydrogen-bond acceptors (Lipinski definition) is 3. The van der Waals surface area contributed by atoms with Crippen LogP contribution in [-0.2, 0) is 11.0 Å². The van der Waals surface area contributed by atoms with Crippen molar-refractivity contribution in [3.05, 3.63) is 65.7 Å². The van der Waals surface area contributed by atoms with E-state index in [2.05, 4.69) is 17.1 Å². The van der Waals surface area contributed by atoms with Gasteiger partial charge < -0.3 is 10.2 Å². The maximum absolute atomic E-state index is 13.0. The number of alkyl halides is 3. The molecule has 1 saturated heterocycles. The molecule has 0 spiro atoms. The van der Waals surface area contributed by atoms with E-state index < -0.39 is 11.7 Å². The van der Waals surface area contributed by atoms with Crippen LogP contribution in [0.4, 0.5) is 18.9 Å². The highest BCUT2D eigenvalue weighted by atomic mass is 19.4. The molecule has 3 rings (SSSR count). The van der Waals surface area contributed by atoms with E-state index in [1.807, 2.05) is 42.2 Å². The molecule has 7 heteroatoms. The van der Waals surface area contributed by atoms with Crippen LogP contribution < -0.4 is 10.2 Å². The number of nitrogens with one attached hydrogen (secondary N) is 1. The van der Waals surface area contributed by atoms with Gasteiger partial charge in [-0.25, -0.2) is 0 Å². The summed E-state index contributed by atoms with van der Waals surface area (Å²) in [6.45, 7) is 6.94. The van der Waals surface area contributed by atoms with E-state index in [1.54, 1.807) is 6.07 Å². The number of halogens is 3. The first kappa shape index (κ1) is 22.2. The van der Waals surface area contributed by atoms with Gasteiger partial charge in [-0.1, -0.05) is 43.3 Å². The van der Waals surface area contributed by atoms with Crippen LogP contribution in [0.5, 0.6) is 0 Å². The van der Waals surface area contributed by atoms with E-state index in [9.17, 15) is 18.0 Å². The van der Waals surface area contributed by atoms with E-state index in [0.29, 0.717) is 38.4 Å². The van der Waals surface area contributed by atoms with Crippen molar-refractivity contribution in [3.8, 4) is 0 Å². The molecule has 2 aromatic carbocycles. The first-order valence-electron chi connectivity index (χ1n) is 10.2. The summed E-state index contributed by atoms with van der Waals surface area (Å²) in [5, 5.41) is 3.03. The summed E-state index contributed by atoms with van der Waals surface area (Å²) in [6.07, 6.45) is -4.35. The summed E-state index contributed by atoms with van der Waals surface area (Å²) in [4.78, 5) is 16.6. The van der Waals surface area contributed by atoms with Gasteiger partial charge in [0, 0.05) is 38.4 Å². The van der Waals surface area contributed by atoms with Crippen LogP contribution in [0.15, 0.2) is 54.6 Å². The molecule has 2 aromatic rings. The highest BCUT2D eigenvalue weighted by molar-refractivity contribution is 5.81. The average molecular weight is 419 g/mol. The van der Waals surface area contributed by atoms with Crippen molar-refractivity contribution >= 4 is 11.6 Å². The number of amides is 1. The van der Waals surface area contributed by atoms with E-state index in [-0.39, 0.29) is 17.9 Å². The third-order valence-corrected chi connectivity index (χ3v) is 5.73. The van der Waals surface area contributed by atoms with Crippen LogP contribution in [0.2, 0.25) is 0 Å². The highest BCUT2D eigenvalue weighted by Gasteiger charge is 2.31. The van der Waals surface area contributed by atoms with Gasteiger partial charge in [0.2, 0.25) is 5.91 Å². The van der Waals surface area contributed by atoms with Crippen molar-refractivity contribution in [2.75, 3.05) is 37.6 Å². The van der Waals surface area contributed by atoms with Crippen LogP contribution in [0.3, 0.4) is 0 Å². The lowest BCUT2D eigenvalue weighted by molar-refractivity contribution is -0.137. The van der Waals surface area contributed by atoms with Crippen molar-refractivity contribution in [1.29, 1.82) is 0 Å². The number of carbonyl (C=O) groups excluding carboxylic acids is 1. The first-order valence-corrected chi connectivity index (χ1v) is 10.2. The molecule has 1 N–H and O–H groups in total. The van der Waals surface area contributed by atoms with E-state index in [4.69, 9.17) is 0 Å². The second kappa shape index (κ2) is 9.51. The van der Waals surface area contributed by atoms with Gasteiger partial charge in [0.05, 0.1) is 11.6 Å². The van der Waals surface area contributed by atoms with Crippen molar-refractivity contribution in [3.63, 3.8) is 0 Å². The Balaban J connectivity index is 1.50. The van der Waals surface area contributed by atoms with Gasteiger partial charge in [-0.2, -0.15) is 13.2 Å². The third kappa shape index (κ3) is 5.53. The smallest absolute Gasteiger partial charge is 0.369 e. The zero-order valence-electron chi connectivity index (χ0n) is 17.3. The summed E-state index contributed by atoms with van der Waals surface area (Å²) in [5.41, 5.74) is 1.11. The molecule has 2 atom stereocenters. The lowest BCUT2D eigenvalue weighted by atomic mass is 10.0. The molecular formula is C23H28F3N3O. The van der Waals surface area contributed by atoms with Gasteiger partial charge in [-0.3, -0.25) is 9.69 Å². The van der Waals surface area contributed by atoms with E-state index in [0.717, 1.165) is 6.07 Å². The largest absolute Gasteiger partial charge is 0.416 e. The second-order valence-electron chi connectivity index (χ2n) is 7.80. The number of carbonyl (C=O) groups is 1. The predicted molar refractivity (Wildman–Crippen MR) is 113 cm³/mol. The minimum absolute atomic E-state index is 0.0229. The molecule has 4 nitrogen and oxygen atoms in total. The predicted octanol–water partition coefficient (Wildman–Crippen LogP) is 4.14. The topological polar surface area (TPSA) is 35.6 Å².